The standard InChI is InChI=1S/C26H24N4O2S/c31-25(29-16-14-28(15-17-29)24-12-6-7-13-27-24)19-30-21-10-4-5-11-22(21)33-23(26(30)32)18-20-8-2-1-3-9-20/h1-13,18H,14-17,19H2. The van der Waals surface area contributed by atoms with E-state index in [1.165, 1.54) is 11.8 Å². The number of benzene rings is 2. The molecule has 0 saturated carbocycles. The van der Waals surface area contributed by atoms with Gasteiger partial charge in [-0.1, -0.05) is 60.3 Å². The lowest BCUT2D eigenvalue weighted by Gasteiger charge is -2.37. The number of hydrogen-bond donors (Lipinski definition) is 0. The van der Waals surface area contributed by atoms with Gasteiger partial charge in [-0.25, -0.2) is 4.98 Å². The van der Waals surface area contributed by atoms with Crippen LogP contribution in [-0.4, -0.2) is 54.4 Å². The SMILES string of the molecule is O=C(CN1C(=O)C(=Cc2ccccc2)Sc2ccccc21)N1CCN(c2ccccn2)CC1. The van der Waals surface area contributed by atoms with Gasteiger partial charge in [-0.15, -0.1) is 0 Å². The molecule has 166 valence electrons. The number of carbonyl (C=O) groups excluding carboxylic acids is 2. The molecular formula is C26H24N4O2S. The van der Waals surface area contributed by atoms with E-state index in [0.717, 1.165) is 35.1 Å². The van der Waals surface area contributed by atoms with Gasteiger partial charge in [0.15, 0.2) is 0 Å². The van der Waals surface area contributed by atoms with Crippen LogP contribution in [0.2, 0.25) is 0 Å². The molecule has 0 unspecified atom stereocenters. The highest BCUT2D eigenvalue weighted by Crippen LogP contribution is 2.42. The van der Waals surface area contributed by atoms with Gasteiger partial charge in [0.2, 0.25) is 5.91 Å². The topological polar surface area (TPSA) is 56.8 Å². The third-order valence-electron chi connectivity index (χ3n) is 5.83. The lowest BCUT2D eigenvalue weighted by atomic mass is 10.2. The number of fused-ring (bicyclic) bond motifs is 1. The van der Waals surface area contributed by atoms with E-state index in [0.29, 0.717) is 18.0 Å². The average molecular weight is 457 g/mol. The summed E-state index contributed by atoms with van der Waals surface area (Å²) in [5, 5.41) is 0. The van der Waals surface area contributed by atoms with Crippen molar-refractivity contribution in [3.8, 4) is 0 Å². The molecule has 0 bridgehead atoms. The largest absolute Gasteiger partial charge is 0.353 e. The van der Waals surface area contributed by atoms with Gasteiger partial charge in [-0.2, -0.15) is 0 Å². The summed E-state index contributed by atoms with van der Waals surface area (Å²) >= 11 is 1.46. The Labute approximate surface area is 197 Å². The van der Waals surface area contributed by atoms with Gasteiger partial charge in [-0.3, -0.25) is 14.5 Å². The molecule has 2 aromatic carbocycles. The van der Waals surface area contributed by atoms with Gasteiger partial charge in [0.05, 0.1) is 10.6 Å². The second kappa shape index (κ2) is 9.50. The van der Waals surface area contributed by atoms with E-state index in [2.05, 4.69) is 9.88 Å². The van der Waals surface area contributed by atoms with E-state index >= 15 is 0 Å². The highest BCUT2D eigenvalue weighted by atomic mass is 32.2. The fourth-order valence-electron chi connectivity index (χ4n) is 4.08. The van der Waals surface area contributed by atoms with Crippen molar-refractivity contribution in [3.63, 3.8) is 0 Å². The Bertz CT molecular complexity index is 1180. The molecule has 2 aliphatic heterocycles. The number of nitrogens with zero attached hydrogens (tertiary/aromatic N) is 4. The van der Waals surface area contributed by atoms with E-state index < -0.39 is 0 Å². The Balaban J connectivity index is 1.32. The molecule has 1 aromatic heterocycles. The zero-order chi connectivity index (χ0) is 22.6. The first-order valence-electron chi connectivity index (χ1n) is 11.0. The molecule has 2 amide bonds. The highest BCUT2D eigenvalue weighted by Gasteiger charge is 2.32. The Morgan fingerprint density at radius 3 is 2.39 bits per heavy atom. The van der Waals surface area contributed by atoms with E-state index in [-0.39, 0.29) is 18.4 Å². The smallest absolute Gasteiger partial charge is 0.265 e. The summed E-state index contributed by atoms with van der Waals surface area (Å²) in [7, 11) is 0. The van der Waals surface area contributed by atoms with Crippen LogP contribution in [0.5, 0.6) is 0 Å². The normalized spacial score (nSPS) is 17.3. The summed E-state index contributed by atoms with van der Waals surface area (Å²) in [5.41, 5.74) is 1.75. The van der Waals surface area contributed by atoms with Crippen molar-refractivity contribution in [2.24, 2.45) is 0 Å². The predicted molar refractivity (Wildman–Crippen MR) is 132 cm³/mol. The number of thioether (sulfide) groups is 1. The average Bonchev–Trinajstić information content (AvgIpc) is 2.87. The first-order chi connectivity index (χ1) is 16.2. The van der Waals surface area contributed by atoms with Crippen LogP contribution in [0.1, 0.15) is 5.56 Å². The van der Waals surface area contributed by atoms with Crippen molar-refractivity contribution in [1.82, 2.24) is 9.88 Å². The minimum absolute atomic E-state index is 0.0339. The second-order valence-corrected chi connectivity index (χ2v) is 9.02. The molecule has 3 aromatic rings. The number of carbonyl (C=O) groups is 2. The lowest BCUT2D eigenvalue weighted by Crippen LogP contribution is -2.52. The fraction of sp³-hybridized carbons (Fsp3) is 0.192. The third kappa shape index (κ3) is 4.64. The molecule has 0 radical (unpaired) electrons. The van der Waals surface area contributed by atoms with Crippen molar-refractivity contribution < 1.29 is 9.59 Å². The van der Waals surface area contributed by atoms with Gasteiger partial charge in [-0.05, 0) is 35.9 Å². The summed E-state index contributed by atoms with van der Waals surface area (Å²) in [4.78, 5) is 38.2. The van der Waals surface area contributed by atoms with Crippen LogP contribution in [0.15, 0.2) is 88.8 Å². The van der Waals surface area contributed by atoms with E-state index in [1.54, 1.807) is 11.1 Å². The number of aromatic nitrogens is 1. The second-order valence-electron chi connectivity index (χ2n) is 7.94. The van der Waals surface area contributed by atoms with Crippen LogP contribution < -0.4 is 9.80 Å². The minimum atomic E-state index is -0.136. The molecule has 5 rings (SSSR count). The molecule has 0 atom stereocenters. The maximum Gasteiger partial charge on any atom is 0.265 e. The van der Waals surface area contributed by atoms with Crippen LogP contribution in [0.3, 0.4) is 0 Å². The number of para-hydroxylation sites is 1. The summed E-state index contributed by atoms with van der Waals surface area (Å²) < 4.78 is 0. The summed E-state index contributed by atoms with van der Waals surface area (Å²) in [6.07, 6.45) is 3.68. The third-order valence-corrected chi connectivity index (χ3v) is 6.91. The van der Waals surface area contributed by atoms with Gasteiger partial charge in [0.25, 0.3) is 5.91 Å². The number of anilines is 2. The quantitative estimate of drug-likeness (QED) is 0.557. The predicted octanol–water partition coefficient (Wildman–Crippen LogP) is 3.91. The Morgan fingerprint density at radius 2 is 1.64 bits per heavy atom. The summed E-state index contributed by atoms with van der Waals surface area (Å²) in [5.74, 6) is 0.755. The van der Waals surface area contributed by atoms with Crippen LogP contribution in [0.25, 0.3) is 6.08 Å². The van der Waals surface area contributed by atoms with Crippen LogP contribution >= 0.6 is 11.8 Å². The number of piperazine rings is 1. The first-order valence-corrected chi connectivity index (χ1v) is 11.8. The zero-order valence-electron chi connectivity index (χ0n) is 18.1. The summed E-state index contributed by atoms with van der Waals surface area (Å²) in [6.45, 7) is 2.71. The molecule has 0 aliphatic carbocycles. The Hall–Kier alpha value is -3.58. The minimum Gasteiger partial charge on any atom is -0.353 e. The zero-order valence-corrected chi connectivity index (χ0v) is 18.9. The molecule has 33 heavy (non-hydrogen) atoms. The molecule has 3 heterocycles. The monoisotopic (exact) mass is 456 g/mol. The van der Waals surface area contributed by atoms with Crippen molar-refractivity contribution in [2.45, 2.75) is 4.90 Å². The van der Waals surface area contributed by atoms with E-state index in [4.69, 9.17) is 0 Å². The maximum absolute atomic E-state index is 13.4. The number of amides is 2. The van der Waals surface area contributed by atoms with E-state index in [1.807, 2.05) is 83.8 Å². The van der Waals surface area contributed by atoms with Gasteiger partial charge < -0.3 is 9.80 Å². The molecular weight excluding hydrogens is 432 g/mol. The van der Waals surface area contributed by atoms with Crippen molar-refractivity contribution >= 4 is 41.2 Å². The van der Waals surface area contributed by atoms with E-state index in [9.17, 15) is 9.59 Å². The van der Waals surface area contributed by atoms with Crippen LogP contribution in [0, 0.1) is 0 Å². The van der Waals surface area contributed by atoms with Crippen molar-refractivity contribution in [1.29, 1.82) is 0 Å². The number of rotatable bonds is 4. The van der Waals surface area contributed by atoms with Crippen molar-refractivity contribution in [2.75, 3.05) is 42.5 Å². The van der Waals surface area contributed by atoms with Gasteiger partial charge in [0.1, 0.15) is 12.4 Å². The van der Waals surface area contributed by atoms with Crippen LogP contribution in [-0.2, 0) is 9.59 Å². The lowest BCUT2D eigenvalue weighted by molar-refractivity contribution is -0.131. The van der Waals surface area contributed by atoms with Crippen molar-refractivity contribution in [3.05, 3.63) is 89.5 Å². The molecule has 7 heteroatoms. The highest BCUT2D eigenvalue weighted by molar-refractivity contribution is 8.04. The number of pyridine rings is 1. The molecule has 0 spiro atoms. The Morgan fingerprint density at radius 1 is 0.909 bits per heavy atom. The van der Waals surface area contributed by atoms with Gasteiger partial charge >= 0.3 is 0 Å². The van der Waals surface area contributed by atoms with Crippen LogP contribution in [0.4, 0.5) is 11.5 Å². The molecule has 1 saturated heterocycles. The molecule has 2 aliphatic rings. The van der Waals surface area contributed by atoms with Gasteiger partial charge in [0, 0.05) is 37.3 Å². The first kappa shape index (κ1) is 21.3. The Kier molecular flexibility index (Phi) is 6.13. The molecule has 1 fully saturated rings. The molecule has 6 nitrogen and oxygen atoms in total. The molecule has 0 N–H and O–H groups in total. The number of hydrogen-bond acceptors (Lipinski definition) is 5. The summed E-state index contributed by atoms with van der Waals surface area (Å²) in [6, 6.07) is 23.4. The maximum atomic E-state index is 13.4. The fourth-order valence-corrected chi connectivity index (χ4v) is 5.14.